The molecule has 3 N–H and O–H groups in total. The predicted molar refractivity (Wildman–Crippen MR) is 113 cm³/mol. The summed E-state index contributed by atoms with van der Waals surface area (Å²) in [5, 5.41) is 26.4. The van der Waals surface area contributed by atoms with Crippen LogP contribution in [-0.2, 0) is 20.9 Å². The van der Waals surface area contributed by atoms with E-state index in [1.807, 2.05) is 0 Å². The molecule has 0 spiro atoms. The lowest BCUT2D eigenvalue weighted by Gasteiger charge is -2.46. The Morgan fingerprint density at radius 2 is 1.94 bits per heavy atom. The van der Waals surface area contributed by atoms with Crippen molar-refractivity contribution in [3.8, 4) is 0 Å². The van der Waals surface area contributed by atoms with Crippen LogP contribution in [0.4, 0.5) is 8.78 Å². The van der Waals surface area contributed by atoms with E-state index in [2.05, 4.69) is 5.32 Å². The van der Waals surface area contributed by atoms with Crippen LogP contribution in [0.3, 0.4) is 0 Å². The summed E-state index contributed by atoms with van der Waals surface area (Å²) in [4.78, 5) is 38.5. The summed E-state index contributed by atoms with van der Waals surface area (Å²) in [6.45, 7) is 5.32. The number of alkyl halides is 2. The standard InChI is InChI=1S/C22H26F2N4O5/c1-4-26-13(3)27-10-16(30)18(28(27)19(22(26)33)17(31)11-29)12(2)21(32)25-9-14-5-7-15(8-6-14)20(23)24/h5-8,11,13,16,20,30-31H,4,9-10H2,1-3H3,(H,25,32)/b18-12+,19-17+. The molecule has 2 atom stereocenters. The lowest BCUT2D eigenvalue weighted by molar-refractivity contribution is -0.153. The van der Waals surface area contributed by atoms with E-state index in [1.54, 1.807) is 18.9 Å². The quantitative estimate of drug-likeness (QED) is 0.333. The summed E-state index contributed by atoms with van der Waals surface area (Å²) < 4.78 is 25.4. The maximum atomic E-state index is 13.0. The molecule has 9 nitrogen and oxygen atoms in total. The number of aliphatic hydroxyl groups excluding tert-OH is 2. The Labute approximate surface area is 189 Å². The largest absolute Gasteiger partial charge is 0.503 e. The number of aliphatic hydroxyl groups is 2. The number of hydrogen-bond donors (Lipinski definition) is 3. The minimum absolute atomic E-state index is 0.0373. The van der Waals surface area contributed by atoms with Crippen LogP contribution in [0.2, 0.25) is 0 Å². The van der Waals surface area contributed by atoms with E-state index >= 15 is 0 Å². The highest BCUT2D eigenvalue weighted by atomic mass is 19.3. The predicted octanol–water partition coefficient (Wildman–Crippen LogP) is 1.58. The molecule has 2 unspecified atom stereocenters. The third kappa shape index (κ3) is 4.46. The van der Waals surface area contributed by atoms with Gasteiger partial charge in [0.05, 0.1) is 12.2 Å². The number of aldehydes is 1. The second kappa shape index (κ2) is 9.67. The number of rotatable bonds is 6. The van der Waals surface area contributed by atoms with Crippen LogP contribution in [0.15, 0.2) is 47.0 Å². The number of hydrogen-bond acceptors (Lipinski definition) is 7. The number of amides is 2. The number of likely N-dealkylation sites (N-methyl/N-ethyl adjacent to an activating group) is 1. The van der Waals surface area contributed by atoms with Gasteiger partial charge in [0.25, 0.3) is 12.3 Å². The first-order chi connectivity index (χ1) is 15.6. The molecule has 0 aliphatic carbocycles. The highest BCUT2D eigenvalue weighted by molar-refractivity contribution is 5.99. The van der Waals surface area contributed by atoms with Crippen molar-refractivity contribution in [3.63, 3.8) is 0 Å². The first kappa shape index (κ1) is 24.3. The summed E-state index contributed by atoms with van der Waals surface area (Å²) in [6, 6.07) is 5.50. The second-order valence-electron chi connectivity index (χ2n) is 7.76. The molecule has 0 bridgehead atoms. The van der Waals surface area contributed by atoms with Crippen LogP contribution in [0.1, 0.15) is 38.3 Å². The summed E-state index contributed by atoms with van der Waals surface area (Å²) in [5.74, 6) is -1.98. The molecule has 178 valence electrons. The number of carbonyl (C=O) groups is 3. The lowest BCUT2D eigenvalue weighted by Crippen LogP contribution is -2.60. The number of nitrogens with one attached hydrogen (secondary N) is 1. The van der Waals surface area contributed by atoms with E-state index in [0.29, 0.717) is 12.1 Å². The van der Waals surface area contributed by atoms with Crippen LogP contribution in [-0.4, -0.2) is 68.6 Å². The summed E-state index contributed by atoms with van der Waals surface area (Å²) in [7, 11) is 0. The van der Waals surface area contributed by atoms with Gasteiger partial charge in [-0.05, 0) is 26.3 Å². The first-order valence-corrected chi connectivity index (χ1v) is 10.4. The van der Waals surface area contributed by atoms with Crippen LogP contribution in [0, 0.1) is 0 Å². The summed E-state index contributed by atoms with van der Waals surface area (Å²) in [5.41, 5.74) is 0.275. The molecule has 3 rings (SSSR count). The van der Waals surface area contributed by atoms with Crippen LogP contribution in [0.5, 0.6) is 0 Å². The maximum Gasteiger partial charge on any atom is 0.277 e. The third-order valence-electron chi connectivity index (χ3n) is 5.82. The number of halogens is 2. The van der Waals surface area contributed by atoms with Gasteiger partial charge in [0, 0.05) is 24.2 Å². The van der Waals surface area contributed by atoms with E-state index in [4.69, 9.17) is 0 Å². The molecule has 33 heavy (non-hydrogen) atoms. The molecule has 2 aliphatic heterocycles. The van der Waals surface area contributed by atoms with Gasteiger partial charge in [0.1, 0.15) is 12.3 Å². The van der Waals surface area contributed by atoms with Crippen LogP contribution >= 0.6 is 0 Å². The minimum atomic E-state index is -2.59. The molecule has 2 aliphatic rings. The van der Waals surface area contributed by atoms with Gasteiger partial charge in [0.2, 0.25) is 5.91 Å². The van der Waals surface area contributed by atoms with Gasteiger partial charge in [-0.15, -0.1) is 0 Å². The Kier molecular flexibility index (Phi) is 7.13. The fourth-order valence-corrected chi connectivity index (χ4v) is 4.05. The van der Waals surface area contributed by atoms with E-state index < -0.39 is 36.3 Å². The SMILES string of the molecule is CCN1C(=O)/C(=C(\O)C=O)N2/C(=C(\C)C(=O)NCc3ccc(C(F)F)cc3)C(O)CN2C1C. The fourth-order valence-electron chi connectivity index (χ4n) is 4.05. The van der Waals surface area contributed by atoms with Crippen molar-refractivity contribution in [2.45, 2.75) is 46.0 Å². The Bertz CT molecular complexity index is 1010. The molecular weight excluding hydrogens is 438 g/mol. The van der Waals surface area contributed by atoms with Gasteiger partial charge in [-0.25, -0.2) is 8.78 Å². The van der Waals surface area contributed by atoms with Gasteiger partial charge in [-0.2, -0.15) is 5.01 Å². The molecule has 2 saturated heterocycles. The normalized spacial score (nSPS) is 24.2. The molecule has 0 saturated carbocycles. The van der Waals surface area contributed by atoms with E-state index in [9.17, 15) is 33.4 Å². The third-order valence-corrected chi connectivity index (χ3v) is 5.82. The summed E-state index contributed by atoms with van der Waals surface area (Å²) in [6.07, 6.45) is -4.11. The average Bonchev–Trinajstić information content (AvgIpc) is 3.14. The molecule has 1 aromatic rings. The van der Waals surface area contributed by atoms with Crippen molar-refractivity contribution >= 4 is 18.1 Å². The monoisotopic (exact) mass is 464 g/mol. The number of hydrazine groups is 1. The van der Waals surface area contributed by atoms with Gasteiger partial charge in [-0.3, -0.25) is 19.4 Å². The average molecular weight is 464 g/mol. The summed E-state index contributed by atoms with van der Waals surface area (Å²) >= 11 is 0. The Hall–Kier alpha value is -3.31. The zero-order valence-corrected chi connectivity index (χ0v) is 18.5. The Morgan fingerprint density at radius 3 is 2.48 bits per heavy atom. The van der Waals surface area contributed by atoms with E-state index in [0.717, 1.165) is 0 Å². The molecule has 2 fully saturated rings. The first-order valence-electron chi connectivity index (χ1n) is 10.4. The van der Waals surface area contributed by atoms with E-state index in [1.165, 1.54) is 41.1 Å². The molecule has 0 radical (unpaired) electrons. The van der Waals surface area contributed by atoms with Crippen molar-refractivity contribution in [1.29, 1.82) is 0 Å². The molecule has 2 amide bonds. The van der Waals surface area contributed by atoms with Gasteiger partial charge in [-0.1, -0.05) is 24.3 Å². The van der Waals surface area contributed by atoms with Crippen molar-refractivity contribution < 1.29 is 33.4 Å². The highest BCUT2D eigenvalue weighted by Crippen LogP contribution is 2.37. The number of allylic oxidation sites excluding steroid dienone is 1. The van der Waals surface area contributed by atoms with Crippen molar-refractivity contribution in [2.24, 2.45) is 0 Å². The van der Waals surface area contributed by atoms with E-state index in [-0.39, 0.29) is 41.9 Å². The van der Waals surface area contributed by atoms with Crippen LogP contribution < -0.4 is 5.32 Å². The topological polar surface area (TPSA) is 113 Å². The second-order valence-corrected chi connectivity index (χ2v) is 7.76. The zero-order valence-electron chi connectivity index (χ0n) is 18.5. The Balaban J connectivity index is 1.91. The number of benzene rings is 1. The lowest BCUT2D eigenvalue weighted by atomic mass is 10.1. The van der Waals surface area contributed by atoms with Crippen molar-refractivity contribution in [1.82, 2.24) is 20.2 Å². The van der Waals surface area contributed by atoms with Gasteiger partial charge in [0.15, 0.2) is 17.7 Å². The molecule has 11 heteroatoms. The molecule has 1 aromatic carbocycles. The van der Waals surface area contributed by atoms with Crippen molar-refractivity contribution in [2.75, 3.05) is 13.1 Å². The Morgan fingerprint density at radius 1 is 1.30 bits per heavy atom. The van der Waals surface area contributed by atoms with Gasteiger partial charge >= 0.3 is 0 Å². The fraction of sp³-hybridized carbons (Fsp3) is 0.409. The molecular formula is C22H26F2N4O5. The van der Waals surface area contributed by atoms with Crippen molar-refractivity contribution in [3.05, 3.63) is 58.1 Å². The van der Waals surface area contributed by atoms with Gasteiger partial charge < -0.3 is 20.4 Å². The minimum Gasteiger partial charge on any atom is -0.503 e. The smallest absolute Gasteiger partial charge is 0.277 e. The molecule has 2 heterocycles. The molecule has 0 aromatic heterocycles. The van der Waals surface area contributed by atoms with Crippen LogP contribution in [0.25, 0.3) is 0 Å². The number of carbonyl (C=O) groups excluding carboxylic acids is 3. The number of fused-ring (bicyclic) bond motifs is 1. The highest BCUT2D eigenvalue weighted by Gasteiger charge is 2.49. The maximum absolute atomic E-state index is 13.0. The zero-order chi connectivity index (χ0) is 24.4. The number of nitrogens with zero attached hydrogens (tertiary/aromatic N) is 3.